The maximum atomic E-state index is 6.08. The predicted molar refractivity (Wildman–Crippen MR) is 88.6 cm³/mol. The third-order valence-electron chi connectivity index (χ3n) is 4.07. The van der Waals surface area contributed by atoms with E-state index in [0.717, 1.165) is 23.8 Å². The lowest BCUT2D eigenvalue weighted by Gasteiger charge is -2.23. The number of hydrogen-bond donors (Lipinski definition) is 0. The van der Waals surface area contributed by atoms with E-state index in [2.05, 4.69) is 50.3 Å². The van der Waals surface area contributed by atoms with Crippen LogP contribution in [0.25, 0.3) is 11.0 Å². The van der Waals surface area contributed by atoms with Crippen LogP contribution in [0.1, 0.15) is 37.9 Å². The Morgan fingerprint density at radius 2 is 2.05 bits per heavy atom. The van der Waals surface area contributed by atoms with Crippen molar-refractivity contribution in [3.05, 3.63) is 27.6 Å². The van der Waals surface area contributed by atoms with Gasteiger partial charge in [0.1, 0.15) is 5.82 Å². The van der Waals surface area contributed by atoms with Crippen LogP contribution in [0.4, 0.5) is 0 Å². The van der Waals surface area contributed by atoms with Gasteiger partial charge < -0.3 is 4.57 Å². The number of alkyl halides is 1. The molecule has 1 aromatic heterocycles. The van der Waals surface area contributed by atoms with Gasteiger partial charge in [-0.3, -0.25) is 0 Å². The molecule has 1 aliphatic rings. The van der Waals surface area contributed by atoms with Gasteiger partial charge in [-0.05, 0) is 59.5 Å². The molecule has 0 saturated heterocycles. The van der Waals surface area contributed by atoms with Crippen LogP contribution in [0.2, 0.25) is 0 Å². The summed E-state index contributed by atoms with van der Waals surface area (Å²) in [4.78, 5) is 4.68. The van der Waals surface area contributed by atoms with Gasteiger partial charge in [0.2, 0.25) is 0 Å². The molecule has 1 aromatic carbocycles. The summed E-state index contributed by atoms with van der Waals surface area (Å²) in [6.07, 6.45) is 6.87. The molecule has 2 nitrogen and oxygen atoms in total. The van der Waals surface area contributed by atoms with Gasteiger partial charge in [0.15, 0.2) is 0 Å². The Kier molecular flexibility index (Phi) is 4.32. The normalized spacial score (nSPS) is 17.2. The summed E-state index contributed by atoms with van der Waals surface area (Å²) in [7, 11) is 0. The molecule has 0 amide bonds. The zero-order valence-electron chi connectivity index (χ0n) is 10.9. The van der Waals surface area contributed by atoms with Crippen LogP contribution < -0.4 is 0 Å². The molecule has 102 valence electrons. The Hall–Kier alpha value is -0.290. The van der Waals surface area contributed by atoms with Crippen LogP contribution in [-0.4, -0.2) is 9.55 Å². The van der Waals surface area contributed by atoms with Gasteiger partial charge >= 0.3 is 0 Å². The van der Waals surface area contributed by atoms with E-state index in [1.807, 2.05) is 0 Å². The van der Waals surface area contributed by atoms with Crippen molar-refractivity contribution >= 4 is 45.2 Å². The molecular weight excluding hydrogens is 371 g/mol. The Morgan fingerprint density at radius 1 is 1.26 bits per heavy atom. The molecule has 0 radical (unpaired) electrons. The van der Waals surface area contributed by atoms with Gasteiger partial charge in [0.05, 0.1) is 16.9 Å². The van der Waals surface area contributed by atoms with E-state index in [4.69, 9.17) is 11.6 Å². The fraction of sp³-hybridized carbons (Fsp3) is 0.533. The molecule has 19 heavy (non-hydrogen) atoms. The number of aromatic nitrogens is 2. The van der Waals surface area contributed by atoms with Crippen LogP contribution in [0.3, 0.4) is 0 Å². The number of nitrogens with zero attached hydrogens (tertiary/aromatic N) is 2. The molecule has 1 aliphatic carbocycles. The Balaban J connectivity index is 1.95. The quantitative estimate of drug-likeness (QED) is 0.537. The number of hydrogen-bond acceptors (Lipinski definition) is 1. The molecule has 0 spiro atoms. The molecule has 0 bridgehead atoms. The van der Waals surface area contributed by atoms with E-state index >= 15 is 0 Å². The van der Waals surface area contributed by atoms with Crippen molar-refractivity contribution in [2.75, 3.05) is 0 Å². The van der Waals surface area contributed by atoms with Crippen molar-refractivity contribution in [3.8, 4) is 0 Å². The molecule has 1 saturated carbocycles. The second kappa shape index (κ2) is 6.00. The highest BCUT2D eigenvalue weighted by atomic mass is 127. The maximum absolute atomic E-state index is 6.08. The van der Waals surface area contributed by atoms with E-state index in [1.54, 1.807) is 0 Å². The number of fused-ring (bicyclic) bond motifs is 1. The van der Waals surface area contributed by atoms with Crippen molar-refractivity contribution in [1.29, 1.82) is 0 Å². The highest BCUT2D eigenvalue weighted by molar-refractivity contribution is 14.1. The van der Waals surface area contributed by atoms with E-state index < -0.39 is 0 Å². The number of benzene rings is 1. The van der Waals surface area contributed by atoms with Crippen molar-refractivity contribution < 1.29 is 0 Å². The number of imidazole rings is 1. The summed E-state index contributed by atoms with van der Waals surface area (Å²) in [5.74, 6) is 2.31. The molecule has 4 heteroatoms. The zero-order valence-corrected chi connectivity index (χ0v) is 13.8. The molecule has 0 atom stereocenters. The first-order chi connectivity index (χ1) is 9.28. The Bertz CT molecular complexity index is 573. The van der Waals surface area contributed by atoms with Gasteiger partial charge in [-0.1, -0.05) is 19.3 Å². The van der Waals surface area contributed by atoms with Gasteiger partial charge in [0.25, 0.3) is 0 Å². The summed E-state index contributed by atoms with van der Waals surface area (Å²) in [6, 6.07) is 6.48. The summed E-state index contributed by atoms with van der Waals surface area (Å²) in [6.45, 7) is 1.08. The van der Waals surface area contributed by atoms with E-state index in [0.29, 0.717) is 5.88 Å². The van der Waals surface area contributed by atoms with Crippen LogP contribution in [0.5, 0.6) is 0 Å². The second-order valence-electron chi connectivity index (χ2n) is 5.41. The van der Waals surface area contributed by atoms with Crippen LogP contribution in [0.15, 0.2) is 18.2 Å². The molecule has 0 unspecified atom stereocenters. The highest BCUT2D eigenvalue weighted by Crippen LogP contribution is 2.28. The van der Waals surface area contributed by atoms with Gasteiger partial charge in [-0.25, -0.2) is 4.98 Å². The van der Waals surface area contributed by atoms with E-state index in [9.17, 15) is 0 Å². The summed E-state index contributed by atoms with van der Waals surface area (Å²) in [5.41, 5.74) is 2.32. The van der Waals surface area contributed by atoms with Crippen LogP contribution in [-0.2, 0) is 12.4 Å². The van der Waals surface area contributed by atoms with E-state index in [-0.39, 0.29) is 0 Å². The maximum Gasteiger partial charge on any atom is 0.124 e. The second-order valence-corrected chi connectivity index (χ2v) is 6.92. The lowest BCUT2D eigenvalue weighted by atomic mass is 9.89. The summed E-state index contributed by atoms with van der Waals surface area (Å²) < 4.78 is 3.57. The first kappa shape index (κ1) is 13.7. The predicted octanol–water partition coefficient (Wildman–Crippen LogP) is 4.96. The summed E-state index contributed by atoms with van der Waals surface area (Å²) >= 11 is 8.41. The smallest absolute Gasteiger partial charge is 0.124 e. The van der Waals surface area contributed by atoms with Gasteiger partial charge in [0, 0.05) is 10.1 Å². The minimum Gasteiger partial charge on any atom is -0.327 e. The van der Waals surface area contributed by atoms with E-state index in [1.165, 1.54) is 41.2 Å². The molecule has 1 fully saturated rings. The van der Waals surface area contributed by atoms with Crippen molar-refractivity contribution in [3.63, 3.8) is 0 Å². The molecule has 0 N–H and O–H groups in total. The van der Waals surface area contributed by atoms with Crippen molar-refractivity contribution in [1.82, 2.24) is 9.55 Å². The minimum atomic E-state index is 0.498. The summed E-state index contributed by atoms with van der Waals surface area (Å²) in [5, 5.41) is 0. The largest absolute Gasteiger partial charge is 0.327 e. The zero-order chi connectivity index (χ0) is 13.2. The molecule has 2 aromatic rings. The first-order valence-electron chi connectivity index (χ1n) is 6.98. The fourth-order valence-corrected chi connectivity index (χ4v) is 3.77. The topological polar surface area (TPSA) is 17.8 Å². The highest BCUT2D eigenvalue weighted by Gasteiger charge is 2.17. The van der Waals surface area contributed by atoms with Gasteiger partial charge in [-0.2, -0.15) is 0 Å². The fourth-order valence-electron chi connectivity index (χ4n) is 3.09. The average molecular weight is 389 g/mol. The first-order valence-corrected chi connectivity index (χ1v) is 8.60. The van der Waals surface area contributed by atoms with Crippen LogP contribution in [0, 0.1) is 9.49 Å². The third-order valence-corrected chi connectivity index (χ3v) is 4.98. The third kappa shape index (κ3) is 2.92. The Labute approximate surface area is 132 Å². The molecular formula is C15H18ClIN2. The van der Waals surface area contributed by atoms with Crippen molar-refractivity contribution in [2.45, 2.75) is 44.5 Å². The lowest BCUT2D eigenvalue weighted by molar-refractivity contribution is 0.320. The minimum absolute atomic E-state index is 0.498. The molecule has 1 heterocycles. The molecule has 3 rings (SSSR count). The van der Waals surface area contributed by atoms with Gasteiger partial charge in [-0.15, -0.1) is 11.6 Å². The monoisotopic (exact) mass is 388 g/mol. The Morgan fingerprint density at radius 3 is 2.79 bits per heavy atom. The standard InChI is InChI=1S/C15H18ClIN2/c16-9-15-18-13-8-12(17)6-7-14(13)19(15)10-11-4-2-1-3-5-11/h6-8,11H,1-5,9-10H2. The van der Waals surface area contributed by atoms with Crippen LogP contribution >= 0.6 is 34.2 Å². The SMILES string of the molecule is ClCc1nc2cc(I)ccc2n1CC1CCCCC1. The number of halogens is 2. The molecule has 0 aliphatic heterocycles. The lowest BCUT2D eigenvalue weighted by Crippen LogP contribution is -2.15. The average Bonchev–Trinajstić information content (AvgIpc) is 2.77. The van der Waals surface area contributed by atoms with Crippen molar-refractivity contribution in [2.24, 2.45) is 5.92 Å². The number of rotatable bonds is 3.